The number of hydrogen-bond acceptors (Lipinski definition) is 4. The third-order valence-corrected chi connectivity index (χ3v) is 3.03. The Bertz CT molecular complexity index is 537. The molecular formula is C15H20N4. The molecule has 4 heteroatoms. The third-order valence-electron chi connectivity index (χ3n) is 3.03. The summed E-state index contributed by atoms with van der Waals surface area (Å²) in [4.78, 5) is 13.5. The van der Waals surface area contributed by atoms with Crippen LogP contribution in [0.5, 0.6) is 0 Å². The molecule has 4 nitrogen and oxygen atoms in total. The van der Waals surface area contributed by atoms with E-state index in [9.17, 15) is 0 Å². The lowest BCUT2D eigenvalue weighted by molar-refractivity contribution is 0.872. The van der Waals surface area contributed by atoms with Crippen molar-refractivity contribution in [1.29, 1.82) is 0 Å². The summed E-state index contributed by atoms with van der Waals surface area (Å²) in [5.74, 6) is 1.83. The summed E-state index contributed by atoms with van der Waals surface area (Å²) in [6, 6.07) is 5.96. The molecule has 0 bridgehead atoms. The molecular weight excluding hydrogens is 236 g/mol. The van der Waals surface area contributed by atoms with Gasteiger partial charge in [0, 0.05) is 36.8 Å². The molecule has 0 fully saturated rings. The third kappa shape index (κ3) is 3.28. The molecule has 0 aliphatic rings. The van der Waals surface area contributed by atoms with Gasteiger partial charge in [-0.2, -0.15) is 0 Å². The van der Waals surface area contributed by atoms with E-state index in [0.717, 1.165) is 48.0 Å². The largest absolute Gasteiger partial charge is 0.370 e. The Kier molecular flexibility index (Phi) is 4.44. The van der Waals surface area contributed by atoms with Crippen LogP contribution in [-0.4, -0.2) is 21.5 Å². The van der Waals surface area contributed by atoms with Crippen LogP contribution < -0.4 is 5.32 Å². The van der Waals surface area contributed by atoms with Gasteiger partial charge in [-0.1, -0.05) is 13.0 Å². The second-order valence-electron chi connectivity index (χ2n) is 4.44. The van der Waals surface area contributed by atoms with E-state index in [1.807, 2.05) is 24.4 Å². The Morgan fingerprint density at radius 2 is 2.00 bits per heavy atom. The number of aromatic nitrogens is 3. The van der Waals surface area contributed by atoms with Crippen LogP contribution in [0.4, 0.5) is 5.82 Å². The number of pyridine rings is 1. The molecule has 19 heavy (non-hydrogen) atoms. The highest BCUT2D eigenvalue weighted by molar-refractivity contribution is 5.46. The summed E-state index contributed by atoms with van der Waals surface area (Å²) in [6.45, 7) is 7.08. The van der Waals surface area contributed by atoms with Crippen molar-refractivity contribution in [2.45, 2.75) is 33.6 Å². The molecule has 2 heterocycles. The second-order valence-corrected chi connectivity index (χ2v) is 4.44. The smallest absolute Gasteiger partial charge is 0.132 e. The number of aryl methyl sites for hydroxylation is 1. The Morgan fingerprint density at radius 3 is 2.63 bits per heavy atom. The van der Waals surface area contributed by atoms with Crippen molar-refractivity contribution in [2.75, 3.05) is 11.9 Å². The van der Waals surface area contributed by atoms with E-state index in [4.69, 9.17) is 0 Å². The highest BCUT2D eigenvalue weighted by Gasteiger charge is 2.10. The summed E-state index contributed by atoms with van der Waals surface area (Å²) < 4.78 is 0. The van der Waals surface area contributed by atoms with Gasteiger partial charge in [-0.25, -0.2) is 9.97 Å². The van der Waals surface area contributed by atoms with Crippen LogP contribution in [0.25, 0.3) is 0 Å². The molecule has 0 spiro atoms. The van der Waals surface area contributed by atoms with Gasteiger partial charge in [0.25, 0.3) is 0 Å². The molecule has 2 aromatic rings. The van der Waals surface area contributed by atoms with E-state index in [0.29, 0.717) is 0 Å². The first kappa shape index (κ1) is 13.5. The Labute approximate surface area is 114 Å². The minimum atomic E-state index is 0.751. The quantitative estimate of drug-likeness (QED) is 0.893. The van der Waals surface area contributed by atoms with Gasteiger partial charge in [0.2, 0.25) is 0 Å². The van der Waals surface area contributed by atoms with Gasteiger partial charge in [-0.3, -0.25) is 4.98 Å². The number of hydrogen-bond donors (Lipinski definition) is 1. The first-order valence-electron chi connectivity index (χ1n) is 6.74. The second kappa shape index (κ2) is 6.27. The summed E-state index contributed by atoms with van der Waals surface area (Å²) in [5, 5.41) is 3.31. The summed E-state index contributed by atoms with van der Waals surface area (Å²) in [7, 11) is 0. The predicted molar refractivity (Wildman–Crippen MR) is 77.4 cm³/mol. The SMILES string of the molecule is CCNc1nc(CC)nc(Cc2ccccn2)c1C. The van der Waals surface area contributed by atoms with Crippen LogP contribution in [0, 0.1) is 6.92 Å². The summed E-state index contributed by atoms with van der Waals surface area (Å²) >= 11 is 0. The van der Waals surface area contributed by atoms with Gasteiger partial charge in [0.15, 0.2) is 0 Å². The van der Waals surface area contributed by atoms with Gasteiger partial charge in [0.1, 0.15) is 11.6 Å². The Hall–Kier alpha value is -1.97. The van der Waals surface area contributed by atoms with E-state index in [1.54, 1.807) is 0 Å². The summed E-state index contributed by atoms with van der Waals surface area (Å²) in [5.41, 5.74) is 3.21. The molecule has 2 aromatic heterocycles. The van der Waals surface area contributed by atoms with Gasteiger partial charge in [-0.15, -0.1) is 0 Å². The van der Waals surface area contributed by atoms with E-state index >= 15 is 0 Å². The van der Waals surface area contributed by atoms with E-state index < -0.39 is 0 Å². The topological polar surface area (TPSA) is 50.7 Å². The molecule has 2 rings (SSSR count). The highest BCUT2D eigenvalue weighted by atomic mass is 15.0. The average Bonchev–Trinajstić information content (AvgIpc) is 2.44. The zero-order valence-corrected chi connectivity index (χ0v) is 11.8. The van der Waals surface area contributed by atoms with E-state index in [-0.39, 0.29) is 0 Å². The zero-order valence-electron chi connectivity index (χ0n) is 11.8. The van der Waals surface area contributed by atoms with Crippen molar-refractivity contribution in [1.82, 2.24) is 15.0 Å². The molecule has 0 aliphatic carbocycles. The molecule has 0 radical (unpaired) electrons. The normalized spacial score (nSPS) is 10.5. The van der Waals surface area contributed by atoms with Gasteiger partial charge in [-0.05, 0) is 26.0 Å². The van der Waals surface area contributed by atoms with Crippen LogP contribution in [0.3, 0.4) is 0 Å². The van der Waals surface area contributed by atoms with Gasteiger partial charge in [0.05, 0.1) is 5.69 Å². The highest BCUT2D eigenvalue weighted by Crippen LogP contribution is 2.18. The molecule has 0 amide bonds. The van der Waals surface area contributed by atoms with Crippen molar-refractivity contribution >= 4 is 5.82 Å². The lowest BCUT2D eigenvalue weighted by Gasteiger charge is -2.12. The number of anilines is 1. The van der Waals surface area contributed by atoms with Crippen LogP contribution in [0.1, 0.15) is 36.6 Å². The lowest BCUT2D eigenvalue weighted by Crippen LogP contribution is -2.10. The maximum absolute atomic E-state index is 4.64. The van der Waals surface area contributed by atoms with Crippen molar-refractivity contribution in [3.8, 4) is 0 Å². The first-order chi connectivity index (χ1) is 9.24. The molecule has 0 saturated carbocycles. The standard InChI is InChI=1S/C15H20N4/c1-4-14-18-13(10-12-8-6-7-9-17-12)11(3)15(19-14)16-5-2/h6-9H,4-5,10H2,1-3H3,(H,16,18,19). The fraction of sp³-hybridized carbons (Fsp3) is 0.400. The lowest BCUT2D eigenvalue weighted by atomic mass is 10.1. The predicted octanol–water partition coefficient (Wildman–Crippen LogP) is 2.77. The minimum Gasteiger partial charge on any atom is -0.370 e. The van der Waals surface area contributed by atoms with E-state index in [2.05, 4.69) is 41.0 Å². The molecule has 0 unspecified atom stereocenters. The molecule has 1 N–H and O–H groups in total. The zero-order chi connectivity index (χ0) is 13.7. The number of nitrogens with one attached hydrogen (secondary N) is 1. The Morgan fingerprint density at radius 1 is 1.16 bits per heavy atom. The fourth-order valence-corrected chi connectivity index (χ4v) is 1.96. The van der Waals surface area contributed by atoms with Crippen molar-refractivity contribution < 1.29 is 0 Å². The number of nitrogens with zero attached hydrogens (tertiary/aromatic N) is 3. The molecule has 0 atom stereocenters. The molecule has 100 valence electrons. The average molecular weight is 256 g/mol. The Balaban J connectivity index is 2.35. The molecule has 0 saturated heterocycles. The minimum absolute atomic E-state index is 0.751. The summed E-state index contributed by atoms with van der Waals surface area (Å²) in [6.07, 6.45) is 3.41. The van der Waals surface area contributed by atoms with Crippen molar-refractivity contribution in [3.63, 3.8) is 0 Å². The molecule has 0 aromatic carbocycles. The fourth-order valence-electron chi connectivity index (χ4n) is 1.96. The number of rotatable bonds is 5. The van der Waals surface area contributed by atoms with Crippen LogP contribution in [-0.2, 0) is 12.8 Å². The van der Waals surface area contributed by atoms with Crippen molar-refractivity contribution in [3.05, 3.63) is 47.2 Å². The van der Waals surface area contributed by atoms with Crippen molar-refractivity contribution in [2.24, 2.45) is 0 Å². The first-order valence-corrected chi connectivity index (χ1v) is 6.74. The van der Waals surface area contributed by atoms with Crippen LogP contribution in [0.15, 0.2) is 24.4 Å². The maximum atomic E-state index is 4.64. The molecule has 0 aliphatic heterocycles. The van der Waals surface area contributed by atoms with Crippen LogP contribution in [0.2, 0.25) is 0 Å². The van der Waals surface area contributed by atoms with Crippen LogP contribution >= 0.6 is 0 Å². The maximum Gasteiger partial charge on any atom is 0.132 e. The van der Waals surface area contributed by atoms with Gasteiger partial charge >= 0.3 is 0 Å². The van der Waals surface area contributed by atoms with E-state index in [1.165, 1.54) is 0 Å². The van der Waals surface area contributed by atoms with Gasteiger partial charge < -0.3 is 5.32 Å². The monoisotopic (exact) mass is 256 g/mol.